The van der Waals surface area contributed by atoms with E-state index < -0.39 is 5.97 Å². The molecule has 2 aromatic rings. The Labute approximate surface area is 134 Å². The van der Waals surface area contributed by atoms with Gasteiger partial charge in [0.25, 0.3) is 5.91 Å². The molecule has 0 saturated heterocycles. The van der Waals surface area contributed by atoms with Crippen LogP contribution in [0, 0.1) is 0 Å². The van der Waals surface area contributed by atoms with Crippen LogP contribution in [0.25, 0.3) is 0 Å². The van der Waals surface area contributed by atoms with Crippen LogP contribution in [0.4, 0.5) is 5.69 Å². The molecule has 1 N–H and O–H groups in total. The molecule has 0 unspecified atom stereocenters. The van der Waals surface area contributed by atoms with Gasteiger partial charge >= 0.3 is 5.97 Å². The van der Waals surface area contributed by atoms with E-state index in [2.05, 4.69) is 0 Å². The highest BCUT2D eigenvalue weighted by Gasteiger charge is 2.30. The molecule has 1 amide bonds. The van der Waals surface area contributed by atoms with Crippen LogP contribution in [-0.4, -0.2) is 29.6 Å². The first-order chi connectivity index (χ1) is 11.1. The van der Waals surface area contributed by atoms with Crippen LogP contribution in [0.5, 0.6) is 5.75 Å². The third-order valence-electron chi connectivity index (χ3n) is 3.88. The fourth-order valence-electron chi connectivity index (χ4n) is 2.86. The zero-order valence-corrected chi connectivity index (χ0v) is 12.7. The number of phenolic OH excluding ortho intramolecular Hbond substituents is 1. The highest BCUT2D eigenvalue weighted by Crippen LogP contribution is 2.31. The molecular weight excluding hydrogens is 294 g/mol. The van der Waals surface area contributed by atoms with Gasteiger partial charge < -0.3 is 14.7 Å². The lowest BCUT2D eigenvalue weighted by molar-refractivity contribution is -0.122. The summed E-state index contributed by atoms with van der Waals surface area (Å²) in [5, 5.41) is 9.37. The van der Waals surface area contributed by atoms with Crippen molar-refractivity contribution < 1.29 is 19.4 Å². The Morgan fingerprint density at radius 2 is 2.00 bits per heavy atom. The Bertz CT molecular complexity index is 756. The first kappa shape index (κ1) is 15.1. The van der Waals surface area contributed by atoms with Gasteiger partial charge in [0.1, 0.15) is 5.75 Å². The quantitative estimate of drug-likeness (QED) is 0.885. The van der Waals surface area contributed by atoms with Crippen LogP contribution < -0.4 is 4.90 Å². The molecule has 0 bridgehead atoms. The van der Waals surface area contributed by atoms with Crippen molar-refractivity contribution in [3.8, 4) is 5.75 Å². The zero-order chi connectivity index (χ0) is 16.4. The molecule has 0 radical (unpaired) electrons. The van der Waals surface area contributed by atoms with Crippen molar-refractivity contribution in [1.29, 1.82) is 0 Å². The maximum absolute atomic E-state index is 12.4. The fraction of sp³-hybridized carbons (Fsp3) is 0.222. The predicted octanol–water partition coefficient (Wildman–Crippen LogP) is 2.53. The molecule has 5 nitrogen and oxygen atoms in total. The molecule has 0 aliphatic carbocycles. The Hall–Kier alpha value is -2.82. The molecule has 1 heterocycles. The molecule has 1 aliphatic heterocycles. The molecule has 118 valence electrons. The van der Waals surface area contributed by atoms with Crippen LogP contribution in [0.3, 0.4) is 0 Å². The van der Waals surface area contributed by atoms with Gasteiger partial charge in [-0.2, -0.15) is 0 Å². The summed E-state index contributed by atoms with van der Waals surface area (Å²) in [6.07, 6.45) is 0.794. The number of para-hydroxylation sites is 1. The maximum Gasteiger partial charge on any atom is 0.338 e. The number of amides is 1. The van der Waals surface area contributed by atoms with E-state index in [0.717, 1.165) is 17.7 Å². The SMILES string of the molecule is C[C@H]1Cc2ccccc2N1C(=O)COC(=O)c1cccc(O)c1. The smallest absolute Gasteiger partial charge is 0.338 e. The summed E-state index contributed by atoms with van der Waals surface area (Å²) in [4.78, 5) is 26.0. The first-order valence-corrected chi connectivity index (χ1v) is 7.42. The molecule has 0 aromatic heterocycles. The molecule has 2 aromatic carbocycles. The number of fused-ring (bicyclic) bond motifs is 1. The normalized spacial score (nSPS) is 16.0. The van der Waals surface area contributed by atoms with Crippen LogP contribution in [0.2, 0.25) is 0 Å². The molecule has 5 heteroatoms. The van der Waals surface area contributed by atoms with Gasteiger partial charge in [0, 0.05) is 11.7 Å². The number of carbonyl (C=O) groups is 2. The average molecular weight is 311 g/mol. The number of benzene rings is 2. The Morgan fingerprint density at radius 1 is 1.22 bits per heavy atom. The van der Waals surface area contributed by atoms with Crippen LogP contribution in [0.1, 0.15) is 22.8 Å². The molecule has 0 saturated carbocycles. The van der Waals surface area contributed by atoms with E-state index in [-0.39, 0.29) is 29.9 Å². The Morgan fingerprint density at radius 3 is 2.78 bits per heavy atom. The standard InChI is InChI=1S/C18H17NO4/c1-12-9-13-5-2-3-8-16(13)19(12)17(21)11-23-18(22)14-6-4-7-15(20)10-14/h2-8,10,12,20H,9,11H2,1H3/t12-/m0/s1. The third-order valence-corrected chi connectivity index (χ3v) is 3.88. The average Bonchev–Trinajstić information content (AvgIpc) is 2.88. The number of anilines is 1. The minimum Gasteiger partial charge on any atom is -0.508 e. The number of hydrogen-bond acceptors (Lipinski definition) is 4. The number of rotatable bonds is 3. The van der Waals surface area contributed by atoms with Gasteiger partial charge in [0.2, 0.25) is 0 Å². The summed E-state index contributed by atoms with van der Waals surface area (Å²) >= 11 is 0. The van der Waals surface area contributed by atoms with Crippen LogP contribution >= 0.6 is 0 Å². The van der Waals surface area contributed by atoms with Crippen molar-refractivity contribution in [3.05, 3.63) is 59.7 Å². The summed E-state index contributed by atoms with van der Waals surface area (Å²) in [6.45, 7) is 1.64. The largest absolute Gasteiger partial charge is 0.508 e. The molecule has 1 atom stereocenters. The van der Waals surface area contributed by atoms with Gasteiger partial charge in [-0.1, -0.05) is 24.3 Å². The van der Waals surface area contributed by atoms with E-state index in [1.807, 2.05) is 31.2 Å². The van der Waals surface area contributed by atoms with Gasteiger partial charge in [0.05, 0.1) is 5.56 Å². The number of carbonyl (C=O) groups excluding carboxylic acids is 2. The van der Waals surface area contributed by atoms with E-state index in [9.17, 15) is 14.7 Å². The van der Waals surface area contributed by atoms with Gasteiger partial charge in [-0.15, -0.1) is 0 Å². The van der Waals surface area contributed by atoms with E-state index in [0.29, 0.717) is 0 Å². The lowest BCUT2D eigenvalue weighted by Gasteiger charge is -2.22. The predicted molar refractivity (Wildman–Crippen MR) is 85.5 cm³/mol. The number of esters is 1. The van der Waals surface area contributed by atoms with Gasteiger partial charge in [-0.3, -0.25) is 4.79 Å². The number of ether oxygens (including phenoxy) is 1. The van der Waals surface area contributed by atoms with Crippen molar-refractivity contribution in [3.63, 3.8) is 0 Å². The van der Waals surface area contributed by atoms with Crippen molar-refractivity contribution in [2.75, 3.05) is 11.5 Å². The second-order valence-corrected chi connectivity index (χ2v) is 5.57. The summed E-state index contributed by atoms with van der Waals surface area (Å²) in [5.74, 6) is -0.904. The summed E-state index contributed by atoms with van der Waals surface area (Å²) in [5.41, 5.74) is 2.21. The fourth-order valence-corrected chi connectivity index (χ4v) is 2.86. The molecule has 23 heavy (non-hydrogen) atoms. The topological polar surface area (TPSA) is 66.8 Å². The Kier molecular flexibility index (Phi) is 4.02. The molecule has 1 aliphatic rings. The van der Waals surface area contributed by atoms with Crippen LogP contribution in [0.15, 0.2) is 48.5 Å². The summed E-state index contributed by atoms with van der Waals surface area (Å²) < 4.78 is 5.08. The van der Waals surface area contributed by atoms with E-state index in [1.54, 1.807) is 11.0 Å². The number of nitrogens with zero attached hydrogens (tertiary/aromatic N) is 1. The molecular formula is C18H17NO4. The zero-order valence-electron chi connectivity index (χ0n) is 12.7. The number of aromatic hydroxyl groups is 1. The lowest BCUT2D eigenvalue weighted by Crippen LogP contribution is -2.38. The van der Waals surface area contributed by atoms with Gasteiger partial charge in [-0.25, -0.2) is 4.79 Å². The minimum atomic E-state index is -0.630. The number of phenols is 1. The summed E-state index contributed by atoms with van der Waals surface area (Å²) in [6, 6.07) is 13.6. The highest BCUT2D eigenvalue weighted by atomic mass is 16.5. The molecule has 3 rings (SSSR count). The van der Waals surface area contributed by atoms with Crippen LogP contribution in [-0.2, 0) is 16.0 Å². The van der Waals surface area contributed by atoms with Gasteiger partial charge in [-0.05, 0) is 43.2 Å². The highest BCUT2D eigenvalue weighted by molar-refractivity contribution is 5.99. The minimum absolute atomic E-state index is 0.0205. The second-order valence-electron chi connectivity index (χ2n) is 5.57. The molecule has 0 spiro atoms. The van der Waals surface area contributed by atoms with E-state index in [1.165, 1.54) is 18.2 Å². The second kappa shape index (κ2) is 6.12. The monoisotopic (exact) mass is 311 g/mol. The van der Waals surface area contributed by atoms with Gasteiger partial charge in [0.15, 0.2) is 6.61 Å². The Balaban J connectivity index is 1.67. The van der Waals surface area contributed by atoms with Crippen molar-refractivity contribution in [1.82, 2.24) is 0 Å². The number of hydrogen-bond donors (Lipinski definition) is 1. The van der Waals surface area contributed by atoms with E-state index >= 15 is 0 Å². The third kappa shape index (κ3) is 3.04. The van der Waals surface area contributed by atoms with Crippen molar-refractivity contribution in [2.24, 2.45) is 0 Å². The first-order valence-electron chi connectivity index (χ1n) is 7.42. The summed E-state index contributed by atoms with van der Waals surface area (Å²) in [7, 11) is 0. The van der Waals surface area contributed by atoms with Crippen molar-refractivity contribution in [2.45, 2.75) is 19.4 Å². The molecule has 0 fully saturated rings. The maximum atomic E-state index is 12.4. The lowest BCUT2D eigenvalue weighted by atomic mass is 10.1. The van der Waals surface area contributed by atoms with Crippen molar-refractivity contribution >= 4 is 17.6 Å². The van der Waals surface area contributed by atoms with E-state index in [4.69, 9.17) is 4.74 Å².